The van der Waals surface area contributed by atoms with Crippen LogP contribution >= 0.6 is 11.8 Å². The Morgan fingerprint density at radius 2 is 1.95 bits per heavy atom. The van der Waals surface area contributed by atoms with Crippen LogP contribution in [0.1, 0.15) is 25.3 Å². The molecule has 0 spiro atoms. The highest BCUT2D eigenvalue weighted by molar-refractivity contribution is 7.99. The molecule has 3 heteroatoms. The lowest BCUT2D eigenvalue weighted by Crippen LogP contribution is -2.15. The van der Waals surface area contributed by atoms with Crippen LogP contribution in [0.4, 0.5) is 0 Å². The molecule has 2 nitrogen and oxygen atoms in total. The summed E-state index contributed by atoms with van der Waals surface area (Å²) in [6.07, 6.45) is 0. The summed E-state index contributed by atoms with van der Waals surface area (Å²) in [5, 5.41) is 2.43. The fraction of sp³-hybridized carbons (Fsp3) is 0.438. The number of thioether (sulfide) groups is 1. The lowest BCUT2D eigenvalue weighted by Gasteiger charge is -2.14. The SMILES string of the molecule is CC(C)c1cc2ccccc2nc1SCCN(C)C. The van der Waals surface area contributed by atoms with Gasteiger partial charge in [-0.3, -0.25) is 0 Å². The Balaban J connectivity index is 2.31. The van der Waals surface area contributed by atoms with Gasteiger partial charge in [0, 0.05) is 17.7 Å². The molecule has 0 atom stereocenters. The highest BCUT2D eigenvalue weighted by Crippen LogP contribution is 2.29. The van der Waals surface area contributed by atoms with Gasteiger partial charge in [-0.05, 0) is 37.7 Å². The van der Waals surface area contributed by atoms with Crippen LogP contribution in [-0.4, -0.2) is 36.3 Å². The fourth-order valence-corrected chi connectivity index (χ4v) is 3.24. The zero-order valence-corrected chi connectivity index (χ0v) is 13.0. The first-order chi connectivity index (χ1) is 9.08. The molecule has 0 aliphatic heterocycles. The first-order valence-electron chi connectivity index (χ1n) is 6.75. The third kappa shape index (κ3) is 3.71. The van der Waals surface area contributed by atoms with E-state index in [1.165, 1.54) is 16.0 Å². The minimum Gasteiger partial charge on any atom is -0.309 e. The van der Waals surface area contributed by atoms with Crippen LogP contribution < -0.4 is 0 Å². The molecular weight excluding hydrogens is 252 g/mol. The van der Waals surface area contributed by atoms with Crippen molar-refractivity contribution < 1.29 is 0 Å². The molecule has 0 unspecified atom stereocenters. The summed E-state index contributed by atoms with van der Waals surface area (Å²) in [6.45, 7) is 5.56. The minimum atomic E-state index is 0.513. The van der Waals surface area contributed by atoms with Crippen LogP contribution in [0.25, 0.3) is 10.9 Å². The van der Waals surface area contributed by atoms with Crippen LogP contribution in [-0.2, 0) is 0 Å². The van der Waals surface area contributed by atoms with Gasteiger partial charge in [0.15, 0.2) is 0 Å². The van der Waals surface area contributed by atoms with Crippen LogP contribution in [0.3, 0.4) is 0 Å². The van der Waals surface area contributed by atoms with Crippen LogP contribution in [0.2, 0.25) is 0 Å². The van der Waals surface area contributed by atoms with Crippen molar-refractivity contribution in [2.75, 3.05) is 26.4 Å². The summed E-state index contributed by atoms with van der Waals surface area (Å²) >= 11 is 1.87. The van der Waals surface area contributed by atoms with Gasteiger partial charge in [0.05, 0.1) is 5.52 Å². The van der Waals surface area contributed by atoms with Gasteiger partial charge >= 0.3 is 0 Å². The first-order valence-corrected chi connectivity index (χ1v) is 7.73. The number of hydrogen-bond donors (Lipinski definition) is 0. The van der Waals surface area contributed by atoms with Gasteiger partial charge in [-0.1, -0.05) is 32.0 Å². The molecule has 0 amide bonds. The number of rotatable bonds is 5. The van der Waals surface area contributed by atoms with Crippen molar-refractivity contribution in [1.82, 2.24) is 9.88 Å². The molecule has 0 saturated heterocycles. The van der Waals surface area contributed by atoms with Gasteiger partial charge in [0.25, 0.3) is 0 Å². The average Bonchev–Trinajstić information content (AvgIpc) is 2.37. The smallest absolute Gasteiger partial charge is 0.100 e. The molecule has 0 aliphatic carbocycles. The van der Waals surface area contributed by atoms with E-state index in [9.17, 15) is 0 Å². The van der Waals surface area contributed by atoms with Crippen molar-refractivity contribution in [2.24, 2.45) is 0 Å². The number of fused-ring (bicyclic) bond motifs is 1. The van der Waals surface area contributed by atoms with E-state index in [1.807, 2.05) is 11.8 Å². The summed E-state index contributed by atoms with van der Waals surface area (Å²) in [6, 6.07) is 10.7. The molecule has 0 aliphatic rings. The van der Waals surface area contributed by atoms with E-state index < -0.39 is 0 Å². The van der Waals surface area contributed by atoms with Gasteiger partial charge < -0.3 is 4.90 Å². The van der Waals surface area contributed by atoms with Crippen molar-refractivity contribution in [2.45, 2.75) is 24.8 Å². The maximum Gasteiger partial charge on any atom is 0.100 e. The monoisotopic (exact) mass is 274 g/mol. The quantitative estimate of drug-likeness (QED) is 0.766. The average molecular weight is 274 g/mol. The second-order valence-electron chi connectivity index (χ2n) is 5.38. The topological polar surface area (TPSA) is 16.1 Å². The van der Waals surface area contributed by atoms with Gasteiger partial charge in [-0.25, -0.2) is 4.98 Å². The van der Waals surface area contributed by atoms with Crippen molar-refractivity contribution in [3.63, 3.8) is 0 Å². The maximum absolute atomic E-state index is 4.84. The Morgan fingerprint density at radius 3 is 2.63 bits per heavy atom. The Labute approximate surface area is 120 Å². The molecule has 1 aromatic heterocycles. The third-order valence-corrected chi connectivity index (χ3v) is 4.10. The molecule has 0 bridgehead atoms. The van der Waals surface area contributed by atoms with Gasteiger partial charge in [-0.15, -0.1) is 11.8 Å². The second kappa shape index (κ2) is 6.40. The molecule has 0 N–H and O–H groups in total. The van der Waals surface area contributed by atoms with E-state index in [4.69, 9.17) is 4.98 Å². The first kappa shape index (κ1) is 14.4. The van der Waals surface area contributed by atoms with E-state index in [0.717, 1.165) is 17.8 Å². The lowest BCUT2D eigenvalue weighted by molar-refractivity contribution is 0.437. The molecular formula is C16H22N2S. The predicted octanol–water partition coefficient (Wildman–Crippen LogP) is 4.01. The molecule has 19 heavy (non-hydrogen) atoms. The highest BCUT2D eigenvalue weighted by Gasteiger charge is 2.10. The molecule has 0 saturated carbocycles. The number of para-hydroxylation sites is 1. The number of hydrogen-bond acceptors (Lipinski definition) is 3. The summed E-state index contributed by atoms with van der Waals surface area (Å²) in [4.78, 5) is 7.05. The van der Waals surface area contributed by atoms with Gasteiger partial charge in [0.2, 0.25) is 0 Å². The summed E-state index contributed by atoms with van der Waals surface area (Å²) in [7, 11) is 4.22. The molecule has 2 rings (SSSR count). The normalized spacial score (nSPS) is 11.7. The number of aromatic nitrogens is 1. The van der Waals surface area contributed by atoms with Crippen molar-refractivity contribution in [1.29, 1.82) is 0 Å². The number of nitrogens with zero attached hydrogens (tertiary/aromatic N) is 2. The Kier molecular flexibility index (Phi) is 4.83. The molecule has 0 fully saturated rings. The van der Waals surface area contributed by atoms with Crippen LogP contribution in [0.5, 0.6) is 0 Å². The van der Waals surface area contributed by atoms with Crippen LogP contribution in [0.15, 0.2) is 35.4 Å². The second-order valence-corrected chi connectivity index (χ2v) is 6.47. The van der Waals surface area contributed by atoms with Crippen LogP contribution in [0, 0.1) is 0 Å². The largest absolute Gasteiger partial charge is 0.309 e. The number of pyridine rings is 1. The molecule has 0 radical (unpaired) electrons. The van der Waals surface area contributed by atoms with Crippen molar-refractivity contribution in [3.8, 4) is 0 Å². The van der Waals surface area contributed by atoms with E-state index in [1.54, 1.807) is 0 Å². The standard InChI is InChI=1S/C16H22N2S/c1-12(2)14-11-13-7-5-6-8-15(13)17-16(14)19-10-9-18(3)4/h5-8,11-12H,9-10H2,1-4H3. The molecule has 1 heterocycles. The Bertz CT molecular complexity index is 549. The maximum atomic E-state index is 4.84. The van der Waals surface area contributed by atoms with Gasteiger partial charge in [-0.2, -0.15) is 0 Å². The van der Waals surface area contributed by atoms with Gasteiger partial charge in [0.1, 0.15) is 5.03 Å². The minimum absolute atomic E-state index is 0.513. The summed E-state index contributed by atoms with van der Waals surface area (Å²) in [5.74, 6) is 1.59. The van der Waals surface area contributed by atoms with E-state index in [-0.39, 0.29) is 0 Å². The summed E-state index contributed by atoms with van der Waals surface area (Å²) < 4.78 is 0. The lowest BCUT2D eigenvalue weighted by atomic mass is 10.0. The van der Waals surface area contributed by atoms with E-state index >= 15 is 0 Å². The highest BCUT2D eigenvalue weighted by atomic mass is 32.2. The zero-order chi connectivity index (χ0) is 13.8. The Hall–Kier alpha value is -1.06. The Morgan fingerprint density at radius 1 is 1.21 bits per heavy atom. The molecule has 2 aromatic rings. The van der Waals surface area contributed by atoms with Crippen molar-refractivity contribution >= 4 is 22.7 Å². The summed E-state index contributed by atoms with van der Waals surface area (Å²) in [5.41, 5.74) is 2.46. The van der Waals surface area contributed by atoms with E-state index in [2.05, 4.69) is 63.2 Å². The third-order valence-electron chi connectivity index (χ3n) is 3.12. The van der Waals surface area contributed by atoms with E-state index in [0.29, 0.717) is 5.92 Å². The fourth-order valence-electron chi connectivity index (χ4n) is 1.97. The number of benzene rings is 1. The molecule has 1 aromatic carbocycles. The predicted molar refractivity (Wildman–Crippen MR) is 85.1 cm³/mol. The molecule has 102 valence electrons. The van der Waals surface area contributed by atoms with Crippen molar-refractivity contribution in [3.05, 3.63) is 35.9 Å². The zero-order valence-electron chi connectivity index (χ0n) is 12.2.